The van der Waals surface area contributed by atoms with Crippen LogP contribution in [0.15, 0.2) is 18.2 Å². The molecule has 2 atom stereocenters. The second-order valence-electron chi connectivity index (χ2n) is 7.18. The molecule has 0 spiro atoms. The van der Waals surface area contributed by atoms with Crippen LogP contribution in [0.4, 0.5) is 0 Å². The second-order valence-corrected chi connectivity index (χ2v) is 7.18. The van der Waals surface area contributed by atoms with E-state index in [1.165, 1.54) is 5.56 Å². The highest BCUT2D eigenvalue weighted by atomic mass is 16.7. The molecule has 2 heterocycles. The molecule has 0 aliphatic carbocycles. The van der Waals surface area contributed by atoms with Gasteiger partial charge < -0.3 is 20.1 Å². The van der Waals surface area contributed by atoms with Crippen LogP contribution in [-0.2, 0) is 11.2 Å². The minimum absolute atomic E-state index is 0.0190. The number of nitrogens with zero attached hydrogens (tertiary/aromatic N) is 2. The van der Waals surface area contributed by atoms with Gasteiger partial charge in [0.1, 0.15) is 0 Å². The standard InChI is InChI=1S/C19H30N4O3/c1-14(10-16-4-5-17-18(11-16)26-13-25-17)22(3)15(2)21-19(24)12-23-8-6-20-7-9-23/h4-5,11,14-15,20H,6-10,12-13H2,1-3H3,(H,21,24). The molecule has 1 aromatic carbocycles. The van der Waals surface area contributed by atoms with Crippen LogP contribution in [0.5, 0.6) is 11.5 Å². The first-order chi connectivity index (χ1) is 12.5. The number of ether oxygens (including phenoxy) is 2. The Balaban J connectivity index is 1.47. The molecule has 2 aliphatic rings. The molecule has 0 radical (unpaired) electrons. The van der Waals surface area contributed by atoms with Gasteiger partial charge in [-0.15, -0.1) is 0 Å². The summed E-state index contributed by atoms with van der Waals surface area (Å²) >= 11 is 0. The quantitative estimate of drug-likeness (QED) is 0.694. The SMILES string of the molecule is CC(Cc1ccc2c(c1)OCO2)N(C)C(C)NC(=O)CN1CCNCC1. The van der Waals surface area contributed by atoms with Gasteiger partial charge in [-0.25, -0.2) is 0 Å². The van der Waals surface area contributed by atoms with Gasteiger partial charge in [0, 0.05) is 32.2 Å². The summed E-state index contributed by atoms with van der Waals surface area (Å²) in [5.41, 5.74) is 1.20. The van der Waals surface area contributed by atoms with Gasteiger partial charge in [-0.2, -0.15) is 0 Å². The number of nitrogens with one attached hydrogen (secondary N) is 2. The number of carbonyl (C=O) groups is 1. The summed E-state index contributed by atoms with van der Waals surface area (Å²) in [6.07, 6.45) is 0.861. The minimum atomic E-state index is -0.0190. The maximum absolute atomic E-state index is 12.3. The van der Waals surface area contributed by atoms with Gasteiger partial charge in [-0.3, -0.25) is 14.6 Å². The van der Waals surface area contributed by atoms with Gasteiger partial charge in [0.15, 0.2) is 11.5 Å². The number of benzene rings is 1. The van der Waals surface area contributed by atoms with Crippen molar-refractivity contribution in [2.45, 2.75) is 32.5 Å². The lowest BCUT2D eigenvalue weighted by Gasteiger charge is -2.32. The van der Waals surface area contributed by atoms with E-state index < -0.39 is 0 Å². The number of hydrogen-bond donors (Lipinski definition) is 2. The van der Waals surface area contributed by atoms with Crippen molar-refractivity contribution in [2.24, 2.45) is 0 Å². The molecule has 0 saturated carbocycles. The van der Waals surface area contributed by atoms with Crippen molar-refractivity contribution in [3.8, 4) is 11.5 Å². The molecule has 26 heavy (non-hydrogen) atoms. The van der Waals surface area contributed by atoms with Crippen molar-refractivity contribution in [1.29, 1.82) is 0 Å². The van der Waals surface area contributed by atoms with Crippen LogP contribution >= 0.6 is 0 Å². The van der Waals surface area contributed by atoms with E-state index in [1.54, 1.807) is 0 Å². The Bertz CT molecular complexity index is 619. The van der Waals surface area contributed by atoms with E-state index in [4.69, 9.17) is 9.47 Å². The van der Waals surface area contributed by atoms with E-state index in [0.717, 1.165) is 44.1 Å². The molecule has 2 unspecified atom stereocenters. The van der Waals surface area contributed by atoms with E-state index in [9.17, 15) is 4.79 Å². The third-order valence-corrected chi connectivity index (χ3v) is 5.22. The number of piperazine rings is 1. The largest absolute Gasteiger partial charge is 0.454 e. The molecule has 1 saturated heterocycles. The predicted octanol–water partition coefficient (Wildman–Crippen LogP) is 0.646. The Kier molecular flexibility index (Phi) is 6.34. The molecule has 1 aromatic rings. The normalized spacial score (nSPS) is 19.4. The first-order valence-corrected chi connectivity index (χ1v) is 9.36. The van der Waals surface area contributed by atoms with Crippen LogP contribution in [0.25, 0.3) is 0 Å². The first kappa shape index (κ1) is 18.9. The zero-order chi connectivity index (χ0) is 18.5. The number of rotatable bonds is 7. The Morgan fingerprint density at radius 3 is 2.77 bits per heavy atom. The molecule has 1 amide bonds. The van der Waals surface area contributed by atoms with Crippen LogP contribution < -0.4 is 20.1 Å². The molecule has 2 aliphatic heterocycles. The molecular formula is C19H30N4O3. The third kappa shape index (κ3) is 4.87. The molecule has 0 aromatic heterocycles. The highest BCUT2D eigenvalue weighted by Gasteiger charge is 2.21. The lowest BCUT2D eigenvalue weighted by atomic mass is 10.1. The van der Waals surface area contributed by atoms with Crippen LogP contribution in [-0.4, -0.2) is 74.5 Å². The Labute approximate surface area is 155 Å². The Hall–Kier alpha value is -1.83. The zero-order valence-electron chi connectivity index (χ0n) is 16.0. The third-order valence-electron chi connectivity index (χ3n) is 5.22. The van der Waals surface area contributed by atoms with Gasteiger partial charge in [0.05, 0.1) is 12.7 Å². The van der Waals surface area contributed by atoms with Crippen molar-refractivity contribution >= 4 is 5.91 Å². The number of hydrogen-bond acceptors (Lipinski definition) is 6. The summed E-state index contributed by atoms with van der Waals surface area (Å²) in [6.45, 7) is 8.73. The lowest BCUT2D eigenvalue weighted by Crippen LogP contribution is -2.52. The molecule has 2 N–H and O–H groups in total. The second kappa shape index (κ2) is 8.70. The number of amides is 1. The molecule has 0 bridgehead atoms. The fraction of sp³-hybridized carbons (Fsp3) is 0.632. The van der Waals surface area contributed by atoms with Gasteiger partial charge in [0.2, 0.25) is 12.7 Å². The van der Waals surface area contributed by atoms with Crippen LogP contribution in [0.1, 0.15) is 19.4 Å². The predicted molar refractivity (Wildman–Crippen MR) is 100 cm³/mol. The van der Waals surface area contributed by atoms with E-state index in [2.05, 4.69) is 33.4 Å². The molecule has 1 fully saturated rings. The van der Waals surface area contributed by atoms with Gasteiger partial charge in [-0.05, 0) is 45.0 Å². The van der Waals surface area contributed by atoms with Crippen LogP contribution in [0.3, 0.4) is 0 Å². The zero-order valence-corrected chi connectivity index (χ0v) is 16.0. The smallest absolute Gasteiger partial charge is 0.235 e. The summed E-state index contributed by atoms with van der Waals surface area (Å²) in [5.74, 6) is 1.71. The van der Waals surface area contributed by atoms with E-state index in [0.29, 0.717) is 13.3 Å². The fourth-order valence-corrected chi connectivity index (χ4v) is 3.39. The van der Waals surface area contributed by atoms with Crippen molar-refractivity contribution in [1.82, 2.24) is 20.4 Å². The summed E-state index contributed by atoms with van der Waals surface area (Å²) in [4.78, 5) is 16.7. The summed E-state index contributed by atoms with van der Waals surface area (Å²) in [7, 11) is 2.05. The molecule has 7 heteroatoms. The number of fused-ring (bicyclic) bond motifs is 1. The van der Waals surface area contributed by atoms with Crippen LogP contribution in [0.2, 0.25) is 0 Å². The van der Waals surface area contributed by atoms with Gasteiger partial charge in [0.25, 0.3) is 0 Å². The number of carbonyl (C=O) groups excluding carboxylic acids is 1. The van der Waals surface area contributed by atoms with Gasteiger partial charge in [-0.1, -0.05) is 6.07 Å². The molecule has 144 valence electrons. The lowest BCUT2D eigenvalue weighted by molar-refractivity contribution is -0.124. The highest BCUT2D eigenvalue weighted by Crippen LogP contribution is 2.32. The monoisotopic (exact) mass is 362 g/mol. The Morgan fingerprint density at radius 2 is 2.00 bits per heavy atom. The minimum Gasteiger partial charge on any atom is -0.454 e. The molecular weight excluding hydrogens is 332 g/mol. The van der Waals surface area contributed by atoms with Crippen molar-refractivity contribution in [3.63, 3.8) is 0 Å². The molecule has 7 nitrogen and oxygen atoms in total. The summed E-state index contributed by atoms with van der Waals surface area (Å²) < 4.78 is 10.8. The maximum Gasteiger partial charge on any atom is 0.235 e. The van der Waals surface area contributed by atoms with Gasteiger partial charge >= 0.3 is 0 Å². The van der Waals surface area contributed by atoms with E-state index >= 15 is 0 Å². The summed E-state index contributed by atoms with van der Waals surface area (Å²) in [5, 5.41) is 6.42. The van der Waals surface area contributed by atoms with Crippen molar-refractivity contribution in [2.75, 3.05) is 46.6 Å². The average Bonchev–Trinajstić information content (AvgIpc) is 3.09. The summed E-state index contributed by atoms with van der Waals surface area (Å²) in [6, 6.07) is 6.36. The van der Waals surface area contributed by atoms with E-state index in [1.807, 2.05) is 26.1 Å². The number of likely N-dealkylation sites (N-methyl/N-ethyl adjacent to an activating group) is 1. The Morgan fingerprint density at radius 1 is 1.27 bits per heavy atom. The fourth-order valence-electron chi connectivity index (χ4n) is 3.39. The van der Waals surface area contributed by atoms with E-state index in [-0.39, 0.29) is 18.1 Å². The average molecular weight is 362 g/mol. The van der Waals surface area contributed by atoms with Crippen LogP contribution in [0, 0.1) is 0 Å². The first-order valence-electron chi connectivity index (χ1n) is 9.36. The molecule has 3 rings (SSSR count). The van der Waals surface area contributed by atoms with Crippen molar-refractivity contribution < 1.29 is 14.3 Å². The maximum atomic E-state index is 12.3. The topological polar surface area (TPSA) is 66.1 Å². The highest BCUT2D eigenvalue weighted by molar-refractivity contribution is 5.78. The van der Waals surface area contributed by atoms with Crippen molar-refractivity contribution in [3.05, 3.63) is 23.8 Å².